The zero-order chi connectivity index (χ0) is 15.4. The monoisotopic (exact) mass is 360 g/mol. The molecule has 0 radical (unpaired) electrons. The molecule has 5 heteroatoms. The van der Waals surface area contributed by atoms with E-state index < -0.39 is 0 Å². The van der Waals surface area contributed by atoms with Crippen LogP contribution in [0.4, 0.5) is 0 Å². The van der Waals surface area contributed by atoms with Gasteiger partial charge in [0.2, 0.25) is 0 Å². The van der Waals surface area contributed by atoms with E-state index in [4.69, 9.17) is 15.3 Å². The van der Waals surface area contributed by atoms with Crippen molar-refractivity contribution in [2.24, 2.45) is 5.84 Å². The van der Waals surface area contributed by atoms with Crippen molar-refractivity contribution in [1.82, 2.24) is 5.43 Å². The zero-order valence-corrected chi connectivity index (χ0v) is 13.6. The third-order valence-corrected chi connectivity index (χ3v) is 3.93. The molecule has 0 amide bonds. The van der Waals surface area contributed by atoms with Crippen molar-refractivity contribution in [2.75, 3.05) is 13.2 Å². The van der Waals surface area contributed by atoms with Gasteiger partial charge in [-0.1, -0.05) is 40.2 Å². The first-order valence-electron chi connectivity index (χ1n) is 7.07. The van der Waals surface area contributed by atoms with Crippen LogP contribution < -0.4 is 20.7 Å². The molecule has 0 aliphatic carbocycles. The van der Waals surface area contributed by atoms with E-state index in [9.17, 15) is 0 Å². The van der Waals surface area contributed by atoms with Crippen molar-refractivity contribution in [3.8, 4) is 11.5 Å². The molecule has 3 rings (SSSR count). The van der Waals surface area contributed by atoms with Gasteiger partial charge in [0.05, 0.1) is 5.70 Å². The SMILES string of the molecule is NN/C(=C\Cc1ccc2c(c1)OCCO2)c1cccc(Br)c1. The summed E-state index contributed by atoms with van der Waals surface area (Å²) in [7, 11) is 0. The first kappa shape index (κ1) is 14.9. The molecule has 114 valence electrons. The van der Waals surface area contributed by atoms with Crippen molar-refractivity contribution in [1.29, 1.82) is 0 Å². The summed E-state index contributed by atoms with van der Waals surface area (Å²) >= 11 is 3.47. The molecule has 3 N–H and O–H groups in total. The molecule has 22 heavy (non-hydrogen) atoms. The highest BCUT2D eigenvalue weighted by atomic mass is 79.9. The molecular weight excluding hydrogens is 344 g/mol. The Morgan fingerprint density at radius 1 is 1.14 bits per heavy atom. The molecule has 0 aromatic heterocycles. The highest BCUT2D eigenvalue weighted by Crippen LogP contribution is 2.31. The fourth-order valence-corrected chi connectivity index (χ4v) is 2.75. The molecule has 1 aliphatic heterocycles. The quantitative estimate of drug-likeness (QED) is 0.648. The number of rotatable bonds is 4. The molecule has 2 aromatic carbocycles. The van der Waals surface area contributed by atoms with E-state index in [-0.39, 0.29) is 0 Å². The third-order valence-electron chi connectivity index (χ3n) is 3.44. The van der Waals surface area contributed by atoms with Crippen molar-refractivity contribution in [3.05, 3.63) is 64.1 Å². The summed E-state index contributed by atoms with van der Waals surface area (Å²) in [5, 5.41) is 0. The Balaban J connectivity index is 1.79. The van der Waals surface area contributed by atoms with E-state index in [1.165, 1.54) is 0 Å². The first-order chi connectivity index (χ1) is 10.8. The summed E-state index contributed by atoms with van der Waals surface area (Å²) in [6.07, 6.45) is 2.82. The average Bonchev–Trinajstić information content (AvgIpc) is 2.55. The van der Waals surface area contributed by atoms with Gasteiger partial charge in [0, 0.05) is 4.47 Å². The van der Waals surface area contributed by atoms with Crippen LogP contribution in [-0.4, -0.2) is 13.2 Å². The molecule has 0 atom stereocenters. The molecule has 1 aliphatic rings. The highest BCUT2D eigenvalue weighted by molar-refractivity contribution is 9.10. The van der Waals surface area contributed by atoms with Gasteiger partial charge in [0.25, 0.3) is 0 Å². The lowest BCUT2D eigenvalue weighted by molar-refractivity contribution is 0.171. The lowest BCUT2D eigenvalue weighted by Gasteiger charge is -2.18. The number of hydrogen-bond donors (Lipinski definition) is 2. The lowest BCUT2D eigenvalue weighted by Crippen LogP contribution is -2.20. The predicted molar refractivity (Wildman–Crippen MR) is 90.6 cm³/mol. The molecule has 2 aromatic rings. The summed E-state index contributed by atoms with van der Waals surface area (Å²) < 4.78 is 12.2. The smallest absolute Gasteiger partial charge is 0.161 e. The van der Waals surface area contributed by atoms with E-state index >= 15 is 0 Å². The number of hydrazine groups is 1. The van der Waals surface area contributed by atoms with Crippen molar-refractivity contribution >= 4 is 21.6 Å². The molecule has 4 nitrogen and oxygen atoms in total. The third kappa shape index (κ3) is 3.43. The highest BCUT2D eigenvalue weighted by Gasteiger charge is 2.11. The number of benzene rings is 2. The number of ether oxygens (including phenoxy) is 2. The van der Waals surface area contributed by atoms with Crippen LogP contribution in [0.15, 0.2) is 53.0 Å². The maximum atomic E-state index is 5.65. The van der Waals surface area contributed by atoms with Gasteiger partial charge in [-0.15, -0.1) is 0 Å². The van der Waals surface area contributed by atoms with Crippen molar-refractivity contribution in [2.45, 2.75) is 6.42 Å². The number of nitrogens with two attached hydrogens (primary N) is 1. The summed E-state index contributed by atoms with van der Waals surface area (Å²) in [6, 6.07) is 14.0. The van der Waals surface area contributed by atoms with E-state index in [2.05, 4.69) is 27.4 Å². The standard InChI is InChI=1S/C17H17BrN2O2/c18-14-3-1-2-13(11-14)15(20-19)6-4-12-5-7-16-17(10-12)22-9-8-21-16/h1-3,5-7,10-11,20H,4,8-9,19H2/b15-6-. The summed E-state index contributed by atoms with van der Waals surface area (Å²) in [5.74, 6) is 7.27. The van der Waals surface area contributed by atoms with Crippen molar-refractivity contribution in [3.63, 3.8) is 0 Å². The van der Waals surface area contributed by atoms with Crippen molar-refractivity contribution < 1.29 is 9.47 Å². The van der Waals surface area contributed by atoms with E-state index in [1.807, 2.05) is 42.5 Å². The lowest BCUT2D eigenvalue weighted by atomic mass is 10.1. The Bertz CT molecular complexity index is 701. The van der Waals surface area contributed by atoms with Crippen LogP contribution in [0.5, 0.6) is 11.5 Å². The van der Waals surface area contributed by atoms with E-state index in [0.29, 0.717) is 13.2 Å². The van der Waals surface area contributed by atoms with Gasteiger partial charge in [-0.05, 0) is 41.8 Å². The molecular formula is C17H17BrN2O2. The Kier molecular flexibility index (Phi) is 4.65. The summed E-state index contributed by atoms with van der Waals surface area (Å²) in [5.41, 5.74) is 5.83. The maximum Gasteiger partial charge on any atom is 0.161 e. The van der Waals surface area contributed by atoms with Crippen LogP contribution in [0.3, 0.4) is 0 Å². The van der Waals surface area contributed by atoms with Gasteiger partial charge in [0.1, 0.15) is 13.2 Å². The molecule has 1 heterocycles. The van der Waals surface area contributed by atoms with Crippen LogP contribution in [0, 0.1) is 0 Å². The Hall–Kier alpha value is -1.98. The number of halogens is 1. The van der Waals surface area contributed by atoms with Gasteiger partial charge >= 0.3 is 0 Å². The van der Waals surface area contributed by atoms with Gasteiger partial charge < -0.3 is 14.9 Å². The number of hydrogen-bond acceptors (Lipinski definition) is 4. The fraction of sp³-hybridized carbons (Fsp3) is 0.176. The summed E-state index contributed by atoms with van der Waals surface area (Å²) in [6.45, 7) is 1.20. The number of fused-ring (bicyclic) bond motifs is 1. The van der Waals surface area contributed by atoms with Gasteiger partial charge in [-0.2, -0.15) is 0 Å². The van der Waals surface area contributed by atoms with Crippen LogP contribution in [-0.2, 0) is 6.42 Å². The van der Waals surface area contributed by atoms with Crippen LogP contribution in [0.1, 0.15) is 11.1 Å². The van der Waals surface area contributed by atoms with E-state index in [1.54, 1.807) is 0 Å². The van der Waals surface area contributed by atoms with E-state index in [0.717, 1.165) is 39.2 Å². The average molecular weight is 361 g/mol. The minimum atomic E-state index is 0.597. The molecule has 0 bridgehead atoms. The Morgan fingerprint density at radius 3 is 2.73 bits per heavy atom. The molecule has 0 saturated carbocycles. The zero-order valence-electron chi connectivity index (χ0n) is 12.0. The molecule has 0 unspecified atom stereocenters. The molecule has 0 spiro atoms. The molecule has 0 saturated heterocycles. The summed E-state index contributed by atoms with van der Waals surface area (Å²) in [4.78, 5) is 0. The van der Waals surface area contributed by atoms with Gasteiger partial charge in [0.15, 0.2) is 11.5 Å². The first-order valence-corrected chi connectivity index (χ1v) is 7.87. The number of allylic oxidation sites excluding steroid dienone is 1. The minimum Gasteiger partial charge on any atom is -0.486 e. The normalized spacial score (nSPS) is 13.8. The van der Waals surface area contributed by atoms with Crippen LogP contribution in [0.25, 0.3) is 5.70 Å². The predicted octanol–water partition coefficient (Wildman–Crippen LogP) is 3.27. The molecule has 0 fully saturated rings. The van der Waals surface area contributed by atoms with Crippen LogP contribution >= 0.6 is 15.9 Å². The van der Waals surface area contributed by atoms with Gasteiger partial charge in [-0.3, -0.25) is 5.84 Å². The Labute approximate surface area is 138 Å². The second-order valence-corrected chi connectivity index (χ2v) is 5.87. The maximum absolute atomic E-state index is 5.65. The number of nitrogens with one attached hydrogen (secondary N) is 1. The second-order valence-electron chi connectivity index (χ2n) is 4.95. The second kappa shape index (κ2) is 6.85. The topological polar surface area (TPSA) is 56.5 Å². The van der Waals surface area contributed by atoms with Gasteiger partial charge in [-0.25, -0.2) is 0 Å². The Morgan fingerprint density at radius 2 is 1.95 bits per heavy atom. The minimum absolute atomic E-state index is 0.597. The largest absolute Gasteiger partial charge is 0.486 e. The fourth-order valence-electron chi connectivity index (χ4n) is 2.35. The van der Waals surface area contributed by atoms with Crippen LogP contribution in [0.2, 0.25) is 0 Å².